The molecule has 3 N–H and O–H groups in total. The number of allylic oxidation sites excluding steroid dienone is 4. The molecule has 0 spiro atoms. The van der Waals surface area contributed by atoms with Crippen LogP contribution in [0, 0.1) is 29.6 Å². The van der Waals surface area contributed by atoms with Gasteiger partial charge in [0.1, 0.15) is 12.4 Å². The van der Waals surface area contributed by atoms with Crippen LogP contribution in [0.5, 0.6) is 0 Å². The van der Waals surface area contributed by atoms with Crippen molar-refractivity contribution in [1.29, 1.82) is 0 Å². The van der Waals surface area contributed by atoms with E-state index in [1.807, 2.05) is 19.1 Å². The summed E-state index contributed by atoms with van der Waals surface area (Å²) in [5, 5.41) is 25.6. The van der Waals surface area contributed by atoms with Crippen LogP contribution in [0.15, 0.2) is 66.4 Å². The van der Waals surface area contributed by atoms with E-state index >= 15 is 4.39 Å². The molecule has 1 aromatic carbocycles. The van der Waals surface area contributed by atoms with E-state index in [1.54, 1.807) is 19.2 Å². The highest BCUT2D eigenvalue weighted by molar-refractivity contribution is 6.01. The molecule has 1 saturated heterocycles. The Kier molecular flexibility index (Phi) is 6.47. The number of Topliss-reactive ketones (excluding diaryl/α,β-unsaturated/α-hetero) is 1. The Morgan fingerprint density at radius 3 is 2.57 bits per heavy atom. The Morgan fingerprint density at radius 2 is 1.89 bits per heavy atom. The molecule has 9 atom stereocenters. The van der Waals surface area contributed by atoms with Crippen molar-refractivity contribution in [2.45, 2.75) is 94.6 Å². The number of rotatable bonds is 6. The summed E-state index contributed by atoms with van der Waals surface area (Å²) in [4.78, 5) is 30.6. The minimum Gasteiger partial charge on any atom is -0.390 e. The third-order valence-corrected chi connectivity index (χ3v) is 12.7. The first-order valence-electron chi connectivity index (χ1n) is 16.5. The second-order valence-electron chi connectivity index (χ2n) is 14.9. The quantitative estimate of drug-likeness (QED) is 0.401. The molecule has 5 aliphatic carbocycles. The van der Waals surface area contributed by atoms with E-state index in [4.69, 9.17) is 9.47 Å². The Morgan fingerprint density at radius 1 is 1.13 bits per heavy atom. The van der Waals surface area contributed by atoms with Crippen LogP contribution < -0.4 is 5.32 Å². The fourth-order valence-corrected chi connectivity index (χ4v) is 10.1. The number of halogens is 1. The summed E-state index contributed by atoms with van der Waals surface area (Å²) in [6.45, 7) is 4.97. The molecule has 0 radical (unpaired) electrons. The van der Waals surface area contributed by atoms with Gasteiger partial charge in [0.05, 0.1) is 17.7 Å². The van der Waals surface area contributed by atoms with Gasteiger partial charge in [0, 0.05) is 28.5 Å². The number of hydrogen-bond acceptors (Lipinski definition) is 8. The number of aliphatic hydroxyl groups excluding tert-OH is 2. The van der Waals surface area contributed by atoms with Crippen molar-refractivity contribution in [3.05, 3.63) is 83.1 Å². The number of nitrogens with one attached hydrogen (secondary N) is 1. The predicted molar refractivity (Wildman–Crippen MR) is 167 cm³/mol. The van der Waals surface area contributed by atoms with E-state index < -0.39 is 58.9 Å². The third kappa shape index (κ3) is 3.83. The van der Waals surface area contributed by atoms with Crippen LogP contribution in [-0.2, 0) is 24.6 Å². The van der Waals surface area contributed by atoms with E-state index in [-0.39, 0.29) is 23.7 Å². The lowest BCUT2D eigenvalue weighted by atomic mass is 9.44. The Hall–Kier alpha value is -3.24. The number of aromatic nitrogens is 1. The van der Waals surface area contributed by atoms with Crippen LogP contribution in [0.3, 0.4) is 0 Å². The van der Waals surface area contributed by atoms with E-state index in [0.717, 1.165) is 18.7 Å². The third-order valence-electron chi connectivity index (χ3n) is 12.7. The van der Waals surface area contributed by atoms with Gasteiger partial charge in [-0.2, -0.15) is 0 Å². The Bertz CT molecular complexity index is 1670. The average Bonchev–Trinajstić information content (AvgIpc) is 3.64. The van der Waals surface area contributed by atoms with Gasteiger partial charge in [0.15, 0.2) is 29.1 Å². The van der Waals surface area contributed by atoms with Crippen LogP contribution in [0.1, 0.15) is 75.4 Å². The zero-order chi connectivity index (χ0) is 32.3. The van der Waals surface area contributed by atoms with Crippen molar-refractivity contribution in [3.63, 3.8) is 0 Å². The van der Waals surface area contributed by atoms with Gasteiger partial charge in [0.25, 0.3) is 0 Å². The van der Waals surface area contributed by atoms with Gasteiger partial charge in [-0.25, -0.2) is 9.37 Å². The topological polar surface area (TPSA) is 118 Å². The van der Waals surface area contributed by atoms with E-state index in [2.05, 4.69) is 41.5 Å². The van der Waals surface area contributed by atoms with Crippen LogP contribution in [0.25, 0.3) is 0 Å². The smallest absolute Gasteiger partial charge is 0.193 e. The second kappa shape index (κ2) is 9.89. The van der Waals surface area contributed by atoms with Gasteiger partial charge in [-0.05, 0) is 88.1 Å². The average molecular weight is 629 g/mol. The summed E-state index contributed by atoms with van der Waals surface area (Å²) in [5.74, 6) is -0.920. The number of fused-ring (bicyclic) bond motifs is 7. The molecule has 1 aliphatic heterocycles. The number of nitrogens with zero attached hydrogens (tertiary/aromatic N) is 1. The van der Waals surface area contributed by atoms with E-state index in [9.17, 15) is 19.8 Å². The van der Waals surface area contributed by atoms with Crippen molar-refractivity contribution < 1.29 is 33.7 Å². The van der Waals surface area contributed by atoms with Crippen LogP contribution in [0.2, 0.25) is 0 Å². The van der Waals surface area contributed by atoms with Crippen molar-refractivity contribution in [3.8, 4) is 0 Å². The number of alkyl halides is 1. The molecule has 2 heterocycles. The fraction of sp³-hybridized carbons (Fsp3) is 0.541. The summed E-state index contributed by atoms with van der Waals surface area (Å²) in [7, 11) is 0. The van der Waals surface area contributed by atoms with Gasteiger partial charge < -0.3 is 25.0 Å². The van der Waals surface area contributed by atoms with Crippen LogP contribution in [-0.4, -0.2) is 56.8 Å². The zero-order valence-electron chi connectivity index (χ0n) is 26.5. The highest BCUT2D eigenvalue weighted by Crippen LogP contribution is 2.72. The lowest BCUT2D eigenvalue weighted by molar-refractivity contribution is -0.231. The maximum absolute atomic E-state index is 17.6. The molecule has 242 valence electrons. The first-order valence-corrected chi connectivity index (χ1v) is 16.5. The number of aliphatic hydroxyl groups is 2. The molecule has 5 fully saturated rings. The van der Waals surface area contributed by atoms with Crippen molar-refractivity contribution >= 4 is 17.4 Å². The number of aryl methyl sites for hydroxylation is 1. The standard InChI is InChI=1S/C37H41FN2O6/c1-21-4-7-23(8-5-21)35(14-15-35)40-31-11-6-22(19-39-31)32-45-30-17-27-26-10-9-24-16-25(42)12-13-33(24,2)36(26,38)28(43)18-34(27,3)37(30,46-32)29(44)20-41/h4-8,11-13,16,19,26-28,30,32,41,43H,9-10,14-15,17-18,20H2,1-3H3,(H,39,40)/t26-,27-,28-,30+,32+,33-,34-,36-,37+/m0/s1. The lowest BCUT2D eigenvalue weighted by Gasteiger charge is -2.62. The van der Waals surface area contributed by atoms with E-state index in [0.29, 0.717) is 30.4 Å². The van der Waals surface area contributed by atoms with Gasteiger partial charge in [-0.1, -0.05) is 48.4 Å². The molecule has 46 heavy (non-hydrogen) atoms. The maximum atomic E-state index is 17.6. The highest BCUT2D eigenvalue weighted by atomic mass is 19.1. The molecular weight excluding hydrogens is 587 g/mol. The molecule has 9 heteroatoms. The molecule has 6 aliphatic rings. The number of pyridine rings is 1. The molecular formula is C37H41FN2O6. The number of ether oxygens (including phenoxy) is 2. The summed E-state index contributed by atoms with van der Waals surface area (Å²) >= 11 is 0. The SMILES string of the molecule is Cc1ccc(C2(Nc3ccc([C@@H]4O[C@@H]5C[C@H]6[C@@H]7CCC8=CC(=O)C=C[C@]8(C)[C@@]7(F)[C@@H](O)C[C@]6(C)[C@]5(C(=O)CO)O4)cn3)CC2)cc1. The number of carbonyl (C=O) groups is 2. The van der Waals surface area contributed by atoms with Crippen molar-refractivity contribution in [2.75, 3.05) is 11.9 Å². The fourth-order valence-electron chi connectivity index (χ4n) is 10.1. The molecule has 0 unspecified atom stereocenters. The second-order valence-corrected chi connectivity index (χ2v) is 14.9. The molecule has 8 rings (SSSR count). The minimum atomic E-state index is -2.04. The lowest BCUT2D eigenvalue weighted by Crippen LogP contribution is -2.69. The number of benzene rings is 1. The summed E-state index contributed by atoms with van der Waals surface area (Å²) in [6, 6.07) is 12.3. The first kappa shape index (κ1) is 30.1. The van der Waals surface area contributed by atoms with Gasteiger partial charge >= 0.3 is 0 Å². The molecule has 0 bridgehead atoms. The van der Waals surface area contributed by atoms with Crippen LogP contribution >= 0.6 is 0 Å². The van der Waals surface area contributed by atoms with Crippen molar-refractivity contribution in [1.82, 2.24) is 4.98 Å². The normalized spacial score (nSPS) is 41.6. The van der Waals surface area contributed by atoms with Gasteiger partial charge in [-0.15, -0.1) is 0 Å². The van der Waals surface area contributed by atoms with E-state index in [1.165, 1.54) is 23.3 Å². The molecule has 4 saturated carbocycles. The number of anilines is 1. The summed E-state index contributed by atoms with van der Waals surface area (Å²) in [6.07, 6.45) is 6.43. The maximum Gasteiger partial charge on any atom is 0.193 e. The first-order chi connectivity index (χ1) is 21.9. The monoisotopic (exact) mass is 628 g/mol. The summed E-state index contributed by atoms with van der Waals surface area (Å²) in [5.41, 5.74) is -2.09. The predicted octanol–water partition coefficient (Wildman–Crippen LogP) is 5.19. The van der Waals surface area contributed by atoms with Gasteiger partial charge in [-0.3, -0.25) is 9.59 Å². The Balaban J connectivity index is 1.07. The minimum absolute atomic E-state index is 0.0458. The van der Waals surface area contributed by atoms with Crippen LogP contribution in [0.4, 0.5) is 10.2 Å². The molecule has 2 aromatic rings. The van der Waals surface area contributed by atoms with Gasteiger partial charge in [0.2, 0.25) is 0 Å². The Labute approximate surface area is 268 Å². The summed E-state index contributed by atoms with van der Waals surface area (Å²) < 4.78 is 30.7. The zero-order valence-corrected chi connectivity index (χ0v) is 26.5. The highest BCUT2D eigenvalue weighted by Gasteiger charge is 2.79. The molecule has 0 amide bonds. The number of hydrogen-bond donors (Lipinski definition) is 3. The number of carbonyl (C=O) groups excluding carboxylic acids is 2. The van der Waals surface area contributed by atoms with Crippen molar-refractivity contribution in [2.24, 2.45) is 22.7 Å². The largest absolute Gasteiger partial charge is 0.390 e. The molecule has 8 nitrogen and oxygen atoms in total. The number of ketones is 2. The molecule has 1 aromatic heterocycles.